The number of benzene rings is 2. The molecule has 2 aromatic carbocycles. The molecule has 46 heavy (non-hydrogen) atoms. The Morgan fingerprint density at radius 1 is 1.15 bits per heavy atom. The highest BCUT2D eigenvalue weighted by molar-refractivity contribution is 7.89. The number of likely N-dealkylation sites (N-methyl/N-ethyl adjacent to an activating group) is 1. The molecular formula is C32H44F3N3O7S. The minimum Gasteiger partial charge on any atom is -0.490 e. The van der Waals surface area contributed by atoms with Gasteiger partial charge < -0.3 is 24.8 Å². The van der Waals surface area contributed by atoms with Crippen molar-refractivity contribution in [2.24, 2.45) is 5.92 Å². The highest BCUT2D eigenvalue weighted by Gasteiger charge is 2.33. The van der Waals surface area contributed by atoms with Crippen molar-refractivity contribution < 1.29 is 45.8 Å². The lowest BCUT2D eigenvalue weighted by Crippen LogP contribution is -2.48. The standard InChI is InChI=1S/C32H44F3N3O7S/c1-22-19-38(23(2)21-39)31(41)27-18-25(36-30(40)15-16-32(33,34)35)13-14-28(27)45-24(3)10-8-9-17-44-29(22)20-37(4)46(42,43)26-11-6-5-7-12-26/h5-7,11-14,18,22-24,29,39H,8-10,15-17,19-21H2,1-4H3,(H,36,40)/t22-,23+,24-,29+/m0/s1. The zero-order chi connectivity index (χ0) is 34.1. The maximum Gasteiger partial charge on any atom is 0.389 e. The minimum absolute atomic E-state index is 0.0120. The van der Waals surface area contributed by atoms with Crippen molar-refractivity contribution in [2.45, 2.75) is 82.2 Å². The number of nitrogens with one attached hydrogen (secondary N) is 1. The maximum atomic E-state index is 14.2. The molecule has 0 saturated carbocycles. The zero-order valence-electron chi connectivity index (χ0n) is 26.6. The van der Waals surface area contributed by atoms with Crippen LogP contribution < -0.4 is 10.1 Å². The third-order valence-corrected chi connectivity index (χ3v) is 9.70. The number of halogens is 3. The number of aliphatic hydroxyl groups excluding tert-OH is 1. The highest BCUT2D eigenvalue weighted by atomic mass is 32.2. The summed E-state index contributed by atoms with van der Waals surface area (Å²) in [7, 11) is -2.35. The number of rotatable bonds is 9. The number of hydrogen-bond donors (Lipinski definition) is 2. The number of sulfonamides is 1. The number of anilines is 1. The Labute approximate surface area is 268 Å². The fourth-order valence-corrected chi connectivity index (χ4v) is 6.27. The Bertz CT molecular complexity index is 1410. The van der Waals surface area contributed by atoms with Crippen LogP contribution in [0.3, 0.4) is 0 Å². The van der Waals surface area contributed by atoms with E-state index in [0.717, 1.165) is 6.42 Å². The molecule has 2 amide bonds. The van der Waals surface area contributed by atoms with Gasteiger partial charge in [0.25, 0.3) is 5.91 Å². The summed E-state index contributed by atoms with van der Waals surface area (Å²) in [5, 5.41) is 12.5. The van der Waals surface area contributed by atoms with E-state index < -0.39 is 58.9 Å². The van der Waals surface area contributed by atoms with Crippen LogP contribution in [0.15, 0.2) is 53.4 Å². The molecule has 0 aliphatic carbocycles. The number of fused-ring (bicyclic) bond motifs is 1. The third-order valence-electron chi connectivity index (χ3n) is 7.86. The van der Waals surface area contributed by atoms with E-state index >= 15 is 0 Å². The molecule has 0 saturated heterocycles. The van der Waals surface area contributed by atoms with Crippen molar-refractivity contribution in [3.63, 3.8) is 0 Å². The molecule has 1 aliphatic rings. The van der Waals surface area contributed by atoms with Gasteiger partial charge in [-0.2, -0.15) is 17.5 Å². The van der Waals surface area contributed by atoms with Crippen LogP contribution in [-0.4, -0.2) is 92.3 Å². The SMILES string of the molecule is C[C@H](CO)N1C[C@H](C)[C@@H](CN(C)S(=O)(=O)c2ccccc2)OCCCC[C@H](C)Oc2ccc(NC(=O)CCC(F)(F)F)cc2C1=O. The Morgan fingerprint density at radius 3 is 2.50 bits per heavy atom. The lowest BCUT2D eigenvalue weighted by molar-refractivity contribution is -0.142. The predicted octanol–water partition coefficient (Wildman–Crippen LogP) is 5.08. The van der Waals surface area contributed by atoms with Crippen molar-refractivity contribution in [1.29, 1.82) is 0 Å². The van der Waals surface area contributed by atoms with Gasteiger partial charge in [0.2, 0.25) is 15.9 Å². The first-order chi connectivity index (χ1) is 21.6. The van der Waals surface area contributed by atoms with E-state index in [1.54, 1.807) is 25.1 Å². The molecule has 0 bridgehead atoms. The summed E-state index contributed by atoms with van der Waals surface area (Å²) in [5.41, 5.74) is 0.182. The molecule has 0 spiro atoms. The first-order valence-electron chi connectivity index (χ1n) is 15.3. The summed E-state index contributed by atoms with van der Waals surface area (Å²) in [4.78, 5) is 28.0. The first-order valence-corrected chi connectivity index (χ1v) is 16.8. The topological polar surface area (TPSA) is 125 Å². The van der Waals surface area contributed by atoms with Gasteiger partial charge in [-0.1, -0.05) is 25.1 Å². The molecule has 0 unspecified atom stereocenters. The minimum atomic E-state index is -4.49. The quantitative estimate of drug-likeness (QED) is 0.381. The second kappa shape index (κ2) is 16.6. The van der Waals surface area contributed by atoms with Gasteiger partial charge in [0, 0.05) is 44.8 Å². The van der Waals surface area contributed by atoms with E-state index in [2.05, 4.69) is 5.32 Å². The van der Waals surface area contributed by atoms with Gasteiger partial charge >= 0.3 is 6.18 Å². The molecule has 1 heterocycles. The van der Waals surface area contributed by atoms with Gasteiger partial charge in [-0.15, -0.1) is 0 Å². The van der Waals surface area contributed by atoms with Gasteiger partial charge in [-0.3, -0.25) is 9.59 Å². The second-order valence-corrected chi connectivity index (χ2v) is 13.8. The summed E-state index contributed by atoms with van der Waals surface area (Å²) in [6.45, 7) is 5.39. The lowest BCUT2D eigenvalue weighted by atomic mass is 10.0. The van der Waals surface area contributed by atoms with Gasteiger partial charge in [0.1, 0.15) is 5.75 Å². The number of carbonyl (C=O) groups is 2. The number of amides is 2. The molecule has 0 fully saturated rings. The van der Waals surface area contributed by atoms with Crippen molar-refractivity contribution in [2.75, 3.05) is 38.7 Å². The van der Waals surface area contributed by atoms with Crippen LogP contribution in [0, 0.1) is 5.92 Å². The van der Waals surface area contributed by atoms with E-state index in [1.807, 2.05) is 13.8 Å². The van der Waals surface area contributed by atoms with E-state index in [0.29, 0.717) is 19.4 Å². The Kier molecular flexibility index (Phi) is 13.4. The predicted molar refractivity (Wildman–Crippen MR) is 167 cm³/mol. The molecule has 0 aromatic heterocycles. The van der Waals surface area contributed by atoms with Crippen molar-refractivity contribution >= 4 is 27.5 Å². The molecule has 256 valence electrons. The largest absolute Gasteiger partial charge is 0.490 e. The number of alkyl halides is 3. The van der Waals surface area contributed by atoms with E-state index in [4.69, 9.17) is 9.47 Å². The highest BCUT2D eigenvalue weighted by Crippen LogP contribution is 2.29. The molecule has 2 aromatic rings. The molecule has 4 atom stereocenters. The third kappa shape index (κ3) is 10.7. The van der Waals surface area contributed by atoms with Crippen LogP contribution in [-0.2, 0) is 19.6 Å². The summed E-state index contributed by atoms with van der Waals surface area (Å²) < 4.78 is 78.1. The Morgan fingerprint density at radius 2 is 1.85 bits per heavy atom. The summed E-state index contributed by atoms with van der Waals surface area (Å²) in [5.74, 6) is -1.57. The first kappa shape index (κ1) is 37.3. The van der Waals surface area contributed by atoms with Crippen LogP contribution in [0.25, 0.3) is 0 Å². The molecule has 14 heteroatoms. The van der Waals surface area contributed by atoms with Crippen molar-refractivity contribution in [3.8, 4) is 5.75 Å². The normalized spacial score (nSPS) is 21.2. The number of ether oxygens (including phenoxy) is 2. The summed E-state index contributed by atoms with van der Waals surface area (Å²) in [6, 6.07) is 11.7. The van der Waals surface area contributed by atoms with Gasteiger partial charge in [0.05, 0.1) is 41.7 Å². The zero-order valence-corrected chi connectivity index (χ0v) is 27.4. The van der Waals surface area contributed by atoms with Gasteiger partial charge in [-0.25, -0.2) is 8.42 Å². The summed E-state index contributed by atoms with van der Waals surface area (Å²) >= 11 is 0. The van der Waals surface area contributed by atoms with E-state index in [9.17, 15) is 36.3 Å². The molecular weight excluding hydrogens is 627 g/mol. The number of hydrogen-bond acceptors (Lipinski definition) is 7. The van der Waals surface area contributed by atoms with Crippen LogP contribution >= 0.6 is 0 Å². The number of nitrogens with zero attached hydrogens (tertiary/aromatic N) is 2. The molecule has 10 nitrogen and oxygen atoms in total. The van der Waals surface area contributed by atoms with Crippen molar-refractivity contribution in [1.82, 2.24) is 9.21 Å². The maximum absolute atomic E-state index is 14.2. The van der Waals surface area contributed by atoms with Gasteiger partial charge in [0.15, 0.2) is 0 Å². The monoisotopic (exact) mass is 671 g/mol. The van der Waals surface area contributed by atoms with Crippen LogP contribution in [0.5, 0.6) is 5.75 Å². The summed E-state index contributed by atoms with van der Waals surface area (Å²) in [6.07, 6.45) is -5.46. The van der Waals surface area contributed by atoms with E-state index in [1.165, 1.54) is 46.6 Å². The fourth-order valence-electron chi connectivity index (χ4n) is 5.07. The fraction of sp³-hybridized carbons (Fsp3) is 0.562. The average Bonchev–Trinajstić information content (AvgIpc) is 3.01. The smallest absolute Gasteiger partial charge is 0.389 e. The molecule has 2 N–H and O–H groups in total. The molecule has 0 radical (unpaired) electrons. The van der Waals surface area contributed by atoms with Crippen LogP contribution in [0.1, 0.15) is 63.2 Å². The molecule has 1 aliphatic heterocycles. The van der Waals surface area contributed by atoms with Crippen molar-refractivity contribution in [3.05, 3.63) is 54.1 Å². The number of carbonyl (C=O) groups excluding carboxylic acids is 2. The Balaban J connectivity index is 1.94. The van der Waals surface area contributed by atoms with Crippen LogP contribution in [0.4, 0.5) is 18.9 Å². The average molecular weight is 672 g/mol. The number of aliphatic hydroxyl groups is 1. The Hall–Kier alpha value is -3.20. The van der Waals surface area contributed by atoms with Crippen LogP contribution in [0.2, 0.25) is 0 Å². The van der Waals surface area contributed by atoms with E-state index in [-0.39, 0.29) is 47.7 Å². The second-order valence-electron chi connectivity index (χ2n) is 11.8. The lowest BCUT2D eigenvalue weighted by Gasteiger charge is -2.35. The molecule has 3 rings (SSSR count). The van der Waals surface area contributed by atoms with Gasteiger partial charge in [-0.05, 0) is 63.4 Å².